The second kappa shape index (κ2) is 4.36. The lowest BCUT2D eigenvalue weighted by atomic mass is 10.2. The first-order chi connectivity index (χ1) is 7.96. The zero-order valence-electron chi connectivity index (χ0n) is 9.40. The minimum Gasteiger partial charge on any atom is -0.397 e. The molecule has 0 saturated carbocycles. The van der Waals surface area contributed by atoms with Crippen molar-refractivity contribution in [1.29, 1.82) is 0 Å². The highest BCUT2D eigenvalue weighted by atomic mass is 35.5. The molecule has 94 valence electrons. The van der Waals surface area contributed by atoms with Crippen molar-refractivity contribution in [2.75, 3.05) is 30.7 Å². The van der Waals surface area contributed by atoms with Gasteiger partial charge in [-0.2, -0.15) is 4.31 Å². The Morgan fingerprint density at radius 3 is 2.88 bits per heavy atom. The average Bonchev–Trinajstić information content (AvgIpc) is 2.36. The Kier molecular flexibility index (Phi) is 3.20. The zero-order valence-corrected chi connectivity index (χ0v) is 11.0. The van der Waals surface area contributed by atoms with E-state index in [1.807, 2.05) is 0 Å². The highest BCUT2D eigenvalue weighted by Crippen LogP contribution is 2.34. The van der Waals surface area contributed by atoms with E-state index in [-0.39, 0.29) is 4.90 Å². The fraction of sp³-hybridized carbons (Fsp3) is 0.400. The molecule has 0 radical (unpaired) electrons. The Morgan fingerprint density at radius 2 is 2.24 bits per heavy atom. The molecule has 1 heterocycles. The summed E-state index contributed by atoms with van der Waals surface area (Å²) in [6, 6.07) is 2.98. The molecule has 0 unspecified atom stereocenters. The molecule has 1 aliphatic rings. The van der Waals surface area contributed by atoms with Crippen molar-refractivity contribution in [3.63, 3.8) is 0 Å². The Labute approximate surface area is 106 Å². The van der Waals surface area contributed by atoms with Crippen LogP contribution in [-0.4, -0.2) is 32.4 Å². The lowest BCUT2D eigenvalue weighted by Gasteiger charge is -2.17. The minimum atomic E-state index is -3.51. The van der Waals surface area contributed by atoms with Crippen molar-refractivity contribution >= 4 is 33.0 Å². The number of hydrogen-bond acceptors (Lipinski definition) is 4. The molecule has 0 saturated heterocycles. The molecule has 1 aromatic rings. The summed E-state index contributed by atoms with van der Waals surface area (Å²) in [6.45, 7) is 3.18. The molecule has 17 heavy (non-hydrogen) atoms. The molecule has 5 nitrogen and oxygen atoms in total. The number of fused-ring (bicyclic) bond motifs is 1. The Morgan fingerprint density at radius 1 is 1.53 bits per heavy atom. The van der Waals surface area contributed by atoms with Gasteiger partial charge in [0.1, 0.15) is 4.90 Å². The lowest BCUT2D eigenvalue weighted by molar-refractivity contribution is 0.443. The molecule has 1 aliphatic heterocycles. The van der Waals surface area contributed by atoms with E-state index in [0.717, 1.165) is 0 Å². The van der Waals surface area contributed by atoms with Gasteiger partial charge in [-0.05, 0) is 12.1 Å². The highest BCUT2D eigenvalue weighted by Gasteiger charge is 2.29. The average molecular weight is 276 g/mol. The van der Waals surface area contributed by atoms with Gasteiger partial charge >= 0.3 is 0 Å². The maximum Gasteiger partial charge on any atom is 0.245 e. The summed E-state index contributed by atoms with van der Waals surface area (Å²) in [5.41, 5.74) is 6.59. The van der Waals surface area contributed by atoms with E-state index in [1.165, 1.54) is 10.4 Å². The molecule has 0 bridgehead atoms. The third kappa shape index (κ3) is 2.08. The van der Waals surface area contributed by atoms with E-state index in [1.54, 1.807) is 13.0 Å². The molecule has 0 amide bonds. The fourth-order valence-corrected chi connectivity index (χ4v) is 3.85. The van der Waals surface area contributed by atoms with E-state index in [4.69, 9.17) is 17.3 Å². The van der Waals surface area contributed by atoms with Crippen LogP contribution in [0, 0.1) is 0 Å². The monoisotopic (exact) mass is 275 g/mol. The van der Waals surface area contributed by atoms with Crippen LogP contribution in [0.4, 0.5) is 11.4 Å². The SMILES string of the molecule is CCN1CCNc2c(N)cc(Cl)cc2S1(=O)=O. The number of nitrogen functional groups attached to an aromatic ring is 1. The number of benzene rings is 1. The molecule has 1 aromatic carbocycles. The van der Waals surface area contributed by atoms with E-state index in [9.17, 15) is 8.42 Å². The van der Waals surface area contributed by atoms with E-state index < -0.39 is 10.0 Å². The number of nitrogens with two attached hydrogens (primary N) is 1. The summed E-state index contributed by atoms with van der Waals surface area (Å²) in [6.07, 6.45) is 0. The molecular weight excluding hydrogens is 262 g/mol. The van der Waals surface area contributed by atoms with Gasteiger partial charge in [0.05, 0.1) is 11.4 Å². The van der Waals surface area contributed by atoms with Gasteiger partial charge in [-0.15, -0.1) is 0 Å². The van der Waals surface area contributed by atoms with E-state index >= 15 is 0 Å². The van der Waals surface area contributed by atoms with Crippen LogP contribution in [0.3, 0.4) is 0 Å². The van der Waals surface area contributed by atoms with Crippen molar-refractivity contribution in [2.45, 2.75) is 11.8 Å². The summed E-state index contributed by atoms with van der Waals surface area (Å²) >= 11 is 5.86. The van der Waals surface area contributed by atoms with Crippen LogP contribution < -0.4 is 11.1 Å². The number of rotatable bonds is 1. The number of nitrogens with one attached hydrogen (secondary N) is 1. The maximum atomic E-state index is 12.3. The largest absolute Gasteiger partial charge is 0.397 e. The summed E-state index contributed by atoms with van der Waals surface area (Å²) in [5, 5.41) is 3.36. The molecule has 0 fully saturated rings. The first kappa shape index (κ1) is 12.5. The number of nitrogens with zero attached hydrogens (tertiary/aromatic N) is 1. The van der Waals surface area contributed by atoms with Gasteiger partial charge < -0.3 is 11.1 Å². The van der Waals surface area contributed by atoms with Gasteiger partial charge in [-0.1, -0.05) is 18.5 Å². The number of anilines is 2. The summed E-state index contributed by atoms with van der Waals surface area (Å²) in [7, 11) is -3.51. The second-order valence-corrected chi connectivity index (χ2v) is 6.13. The number of sulfonamides is 1. The number of hydrogen-bond donors (Lipinski definition) is 2. The smallest absolute Gasteiger partial charge is 0.245 e. The quantitative estimate of drug-likeness (QED) is 0.759. The third-order valence-electron chi connectivity index (χ3n) is 2.73. The molecule has 0 atom stereocenters. The summed E-state index contributed by atoms with van der Waals surface area (Å²) < 4.78 is 26.1. The zero-order chi connectivity index (χ0) is 12.6. The molecule has 2 rings (SSSR count). The molecular formula is C10H14ClN3O2S. The molecule has 0 aromatic heterocycles. The first-order valence-corrected chi connectivity index (χ1v) is 7.11. The molecule has 0 aliphatic carbocycles. The predicted octanol–water partition coefficient (Wildman–Crippen LogP) is 1.36. The van der Waals surface area contributed by atoms with Crippen LogP contribution >= 0.6 is 11.6 Å². The Balaban J connectivity index is 2.69. The van der Waals surface area contributed by atoms with E-state index in [0.29, 0.717) is 36.0 Å². The van der Waals surface area contributed by atoms with Crippen LogP contribution in [0.2, 0.25) is 5.02 Å². The van der Waals surface area contributed by atoms with Gasteiger partial charge in [0.15, 0.2) is 0 Å². The highest BCUT2D eigenvalue weighted by molar-refractivity contribution is 7.89. The van der Waals surface area contributed by atoms with Crippen molar-refractivity contribution in [1.82, 2.24) is 4.31 Å². The molecule has 0 spiro atoms. The van der Waals surface area contributed by atoms with Crippen molar-refractivity contribution in [2.24, 2.45) is 0 Å². The summed E-state index contributed by atoms with van der Waals surface area (Å²) in [4.78, 5) is 0.154. The standard InChI is InChI=1S/C10H14ClN3O2S/c1-2-14-4-3-13-10-8(12)5-7(11)6-9(10)17(14,15)16/h5-6,13H,2-4,12H2,1H3. The Hall–Kier alpha value is -0.980. The predicted molar refractivity (Wildman–Crippen MR) is 68.8 cm³/mol. The van der Waals surface area contributed by atoms with Crippen LogP contribution in [0.15, 0.2) is 17.0 Å². The second-order valence-electron chi connectivity index (χ2n) is 3.79. The number of likely N-dealkylation sites (N-methyl/N-ethyl adjacent to an activating group) is 1. The summed E-state index contributed by atoms with van der Waals surface area (Å²) in [5.74, 6) is 0. The van der Waals surface area contributed by atoms with Gasteiger partial charge in [-0.25, -0.2) is 8.42 Å². The minimum absolute atomic E-state index is 0.154. The van der Waals surface area contributed by atoms with Gasteiger partial charge in [0, 0.05) is 24.7 Å². The normalized spacial score (nSPS) is 19.2. The van der Waals surface area contributed by atoms with Gasteiger partial charge in [0.2, 0.25) is 10.0 Å². The van der Waals surface area contributed by atoms with Gasteiger partial charge in [0.25, 0.3) is 0 Å². The van der Waals surface area contributed by atoms with Gasteiger partial charge in [-0.3, -0.25) is 0 Å². The van der Waals surface area contributed by atoms with Crippen LogP contribution in [0.25, 0.3) is 0 Å². The Bertz CT molecular complexity index is 545. The van der Waals surface area contributed by atoms with Crippen molar-refractivity contribution in [3.05, 3.63) is 17.2 Å². The van der Waals surface area contributed by atoms with Crippen molar-refractivity contribution < 1.29 is 8.42 Å². The van der Waals surface area contributed by atoms with Crippen LogP contribution in [0.1, 0.15) is 6.92 Å². The fourth-order valence-electron chi connectivity index (χ4n) is 1.89. The lowest BCUT2D eigenvalue weighted by Crippen LogP contribution is -2.32. The third-order valence-corrected chi connectivity index (χ3v) is 4.95. The van der Waals surface area contributed by atoms with E-state index in [2.05, 4.69) is 5.32 Å². The molecule has 3 N–H and O–H groups in total. The van der Waals surface area contributed by atoms with Crippen LogP contribution in [0.5, 0.6) is 0 Å². The molecule has 7 heteroatoms. The number of halogens is 1. The van der Waals surface area contributed by atoms with Crippen LogP contribution in [-0.2, 0) is 10.0 Å². The first-order valence-electron chi connectivity index (χ1n) is 5.30. The maximum absolute atomic E-state index is 12.3. The van der Waals surface area contributed by atoms with Crippen molar-refractivity contribution in [3.8, 4) is 0 Å². The topological polar surface area (TPSA) is 75.4 Å².